The highest BCUT2D eigenvalue weighted by Gasteiger charge is 2.24. The maximum atomic E-state index is 10.1. The maximum absolute atomic E-state index is 10.1. The van der Waals surface area contributed by atoms with E-state index in [9.17, 15) is 5.11 Å². The summed E-state index contributed by atoms with van der Waals surface area (Å²) in [4.78, 5) is 4.72. The molecule has 1 aromatic rings. The van der Waals surface area contributed by atoms with E-state index in [0.29, 0.717) is 6.04 Å². The summed E-state index contributed by atoms with van der Waals surface area (Å²) >= 11 is 1.70. The molecule has 0 bridgehead atoms. The molecule has 0 radical (unpaired) electrons. The van der Waals surface area contributed by atoms with E-state index in [1.54, 1.807) is 11.3 Å². The van der Waals surface area contributed by atoms with Crippen LogP contribution in [0.15, 0.2) is 16.8 Å². The summed E-state index contributed by atoms with van der Waals surface area (Å²) in [5.41, 5.74) is 1.26. The van der Waals surface area contributed by atoms with Gasteiger partial charge in [-0.05, 0) is 49.3 Å². The Bertz CT molecular complexity index is 328. The molecule has 0 amide bonds. The highest BCUT2D eigenvalue weighted by Crippen LogP contribution is 2.15. The molecule has 4 heteroatoms. The Balaban J connectivity index is 1.82. The number of rotatable bonds is 4. The minimum absolute atomic E-state index is 0.219. The molecule has 1 saturated heterocycles. The fraction of sp³-hybridized carbons (Fsp3) is 0.692. The van der Waals surface area contributed by atoms with E-state index in [2.05, 4.69) is 40.7 Å². The molecule has 0 aromatic carbocycles. The first-order valence-electron chi connectivity index (χ1n) is 6.23. The topological polar surface area (TPSA) is 26.7 Å². The van der Waals surface area contributed by atoms with Crippen molar-refractivity contribution in [2.24, 2.45) is 0 Å². The van der Waals surface area contributed by atoms with Crippen molar-refractivity contribution in [3.05, 3.63) is 22.4 Å². The van der Waals surface area contributed by atoms with Crippen LogP contribution in [0.2, 0.25) is 0 Å². The van der Waals surface area contributed by atoms with E-state index in [1.807, 2.05) is 0 Å². The second-order valence-corrected chi connectivity index (χ2v) is 5.90. The summed E-state index contributed by atoms with van der Waals surface area (Å²) in [6, 6.07) is 2.59. The average molecular weight is 254 g/mol. The molecule has 1 aliphatic rings. The lowest BCUT2D eigenvalue weighted by atomic mass is 10.0. The Labute approximate surface area is 108 Å². The van der Waals surface area contributed by atoms with Gasteiger partial charge >= 0.3 is 0 Å². The van der Waals surface area contributed by atoms with Crippen LogP contribution in [-0.2, 0) is 6.42 Å². The average Bonchev–Trinajstić information content (AvgIpc) is 2.76. The molecule has 0 aliphatic carbocycles. The predicted molar refractivity (Wildman–Crippen MR) is 72.6 cm³/mol. The monoisotopic (exact) mass is 254 g/mol. The summed E-state index contributed by atoms with van der Waals surface area (Å²) < 4.78 is 0. The Morgan fingerprint density at radius 1 is 1.47 bits per heavy atom. The lowest BCUT2D eigenvalue weighted by Gasteiger charge is -2.38. The van der Waals surface area contributed by atoms with Crippen molar-refractivity contribution >= 4 is 11.3 Å². The van der Waals surface area contributed by atoms with Crippen molar-refractivity contribution < 1.29 is 5.11 Å². The highest BCUT2D eigenvalue weighted by molar-refractivity contribution is 7.07. The van der Waals surface area contributed by atoms with Crippen molar-refractivity contribution in [3.63, 3.8) is 0 Å². The van der Waals surface area contributed by atoms with Crippen LogP contribution in [0.5, 0.6) is 0 Å². The summed E-state index contributed by atoms with van der Waals surface area (Å²) in [6.07, 6.45) is 1.44. The van der Waals surface area contributed by atoms with Gasteiger partial charge in [-0.3, -0.25) is 0 Å². The van der Waals surface area contributed by atoms with E-state index < -0.39 is 0 Å². The lowest BCUT2D eigenvalue weighted by Crippen LogP contribution is -2.51. The standard InChI is InChI=1S/C13H22N2OS/c1-14-4-5-15(2)12(9-14)8-13(16)7-11-3-6-17-10-11/h3,6,10,12-13,16H,4-5,7-9H2,1-2H3. The van der Waals surface area contributed by atoms with Gasteiger partial charge in [0.25, 0.3) is 0 Å². The molecule has 2 rings (SSSR count). The Morgan fingerprint density at radius 3 is 3.00 bits per heavy atom. The Hall–Kier alpha value is -0.420. The highest BCUT2D eigenvalue weighted by atomic mass is 32.1. The molecule has 2 atom stereocenters. The molecule has 1 N–H and O–H groups in total. The van der Waals surface area contributed by atoms with Gasteiger partial charge < -0.3 is 14.9 Å². The predicted octanol–water partition coefficient (Wildman–Crippen LogP) is 1.29. The molecule has 17 heavy (non-hydrogen) atoms. The van der Waals surface area contributed by atoms with Crippen molar-refractivity contribution in [2.45, 2.75) is 25.0 Å². The Morgan fingerprint density at radius 2 is 2.29 bits per heavy atom. The van der Waals surface area contributed by atoms with Crippen LogP contribution in [0.3, 0.4) is 0 Å². The summed E-state index contributed by atoms with van der Waals surface area (Å²) in [6.45, 7) is 3.30. The molecule has 2 unspecified atom stereocenters. The van der Waals surface area contributed by atoms with Crippen LogP contribution in [0, 0.1) is 0 Å². The molecule has 96 valence electrons. The minimum Gasteiger partial charge on any atom is -0.393 e. The number of aliphatic hydroxyl groups is 1. The van der Waals surface area contributed by atoms with Gasteiger partial charge in [0.2, 0.25) is 0 Å². The minimum atomic E-state index is -0.219. The third-order valence-corrected chi connectivity index (χ3v) is 4.31. The van der Waals surface area contributed by atoms with Gasteiger partial charge in [0.15, 0.2) is 0 Å². The van der Waals surface area contributed by atoms with Gasteiger partial charge in [-0.25, -0.2) is 0 Å². The molecule has 0 spiro atoms. The van der Waals surface area contributed by atoms with Gasteiger partial charge in [-0.15, -0.1) is 0 Å². The fourth-order valence-corrected chi connectivity index (χ4v) is 3.12. The van der Waals surface area contributed by atoms with Crippen molar-refractivity contribution in [3.8, 4) is 0 Å². The lowest BCUT2D eigenvalue weighted by molar-refractivity contribution is 0.0639. The molecule has 1 fully saturated rings. The number of piperazine rings is 1. The normalized spacial score (nSPS) is 25.0. The van der Waals surface area contributed by atoms with E-state index in [1.165, 1.54) is 5.56 Å². The Kier molecular flexibility index (Phi) is 4.56. The first-order chi connectivity index (χ1) is 8.15. The number of likely N-dealkylation sites (N-methyl/N-ethyl adjacent to an activating group) is 2. The summed E-state index contributed by atoms with van der Waals surface area (Å²) in [7, 11) is 4.32. The quantitative estimate of drug-likeness (QED) is 0.877. The van der Waals surface area contributed by atoms with E-state index in [-0.39, 0.29) is 6.10 Å². The van der Waals surface area contributed by atoms with Crippen LogP contribution >= 0.6 is 11.3 Å². The van der Waals surface area contributed by atoms with Gasteiger partial charge in [-0.1, -0.05) is 0 Å². The van der Waals surface area contributed by atoms with Crippen LogP contribution in [0.25, 0.3) is 0 Å². The largest absolute Gasteiger partial charge is 0.393 e. The zero-order chi connectivity index (χ0) is 12.3. The van der Waals surface area contributed by atoms with Crippen LogP contribution in [-0.4, -0.2) is 60.8 Å². The summed E-state index contributed by atoms with van der Waals surface area (Å²) in [5.74, 6) is 0. The molecular formula is C13H22N2OS. The zero-order valence-corrected chi connectivity index (χ0v) is 11.5. The number of nitrogens with zero attached hydrogens (tertiary/aromatic N) is 2. The zero-order valence-electron chi connectivity index (χ0n) is 10.7. The van der Waals surface area contributed by atoms with Crippen LogP contribution in [0.4, 0.5) is 0 Å². The first kappa shape index (κ1) is 13.0. The van der Waals surface area contributed by atoms with Gasteiger partial charge in [-0.2, -0.15) is 11.3 Å². The van der Waals surface area contributed by atoms with E-state index in [0.717, 1.165) is 32.5 Å². The van der Waals surface area contributed by atoms with Crippen molar-refractivity contribution in [2.75, 3.05) is 33.7 Å². The molecule has 1 aromatic heterocycles. The molecular weight excluding hydrogens is 232 g/mol. The molecule has 1 aliphatic heterocycles. The van der Waals surface area contributed by atoms with Crippen LogP contribution in [0.1, 0.15) is 12.0 Å². The maximum Gasteiger partial charge on any atom is 0.0596 e. The van der Waals surface area contributed by atoms with Gasteiger partial charge in [0.1, 0.15) is 0 Å². The summed E-state index contributed by atoms with van der Waals surface area (Å²) in [5, 5.41) is 14.3. The SMILES string of the molecule is CN1CCN(C)C(CC(O)Cc2ccsc2)C1. The third-order valence-electron chi connectivity index (χ3n) is 3.58. The number of aliphatic hydroxyl groups excluding tert-OH is 1. The molecule has 3 nitrogen and oxygen atoms in total. The smallest absolute Gasteiger partial charge is 0.0596 e. The fourth-order valence-electron chi connectivity index (χ4n) is 2.43. The van der Waals surface area contributed by atoms with Gasteiger partial charge in [0, 0.05) is 25.7 Å². The number of hydrogen-bond donors (Lipinski definition) is 1. The van der Waals surface area contributed by atoms with Crippen molar-refractivity contribution in [1.29, 1.82) is 0 Å². The van der Waals surface area contributed by atoms with Crippen LogP contribution < -0.4 is 0 Å². The van der Waals surface area contributed by atoms with Gasteiger partial charge in [0.05, 0.1) is 6.10 Å². The number of thiophene rings is 1. The second-order valence-electron chi connectivity index (χ2n) is 5.12. The van der Waals surface area contributed by atoms with E-state index in [4.69, 9.17) is 0 Å². The second kappa shape index (κ2) is 5.96. The number of hydrogen-bond acceptors (Lipinski definition) is 4. The molecule has 0 saturated carbocycles. The first-order valence-corrected chi connectivity index (χ1v) is 7.17. The van der Waals surface area contributed by atoms with Crippen molar-refractivity contribution in [1.82, 2.24) is 9.80 Å². The molecule has 2 heterocycles. The third kappa shape index (κ3) is 3.78. The van der Waals surface area contributed by atoms with E-state index >= 15 is 0 Å².